The zero-order valence-corrected chi connectivity index (χ0v) is 10.6. The summed E-state index contributed by atoms with van der Waals surface area (Å²) in [6.07, 6.45) is 2.14. The Kier molecular flexibility index (Phi) is 3.58. The Morgan fingerprint density at radius 3 is 2.89 bits per heavy atom. The van der Waals surface area contributed by atoms with Crippen LogP contribution in [-0.4, -0.2) is 5.91 Å². The van der Waals surface area contributed by atoms with E-state index in [1.54, 1.807) is 24.3 Å². The number of aryl methyl sites for hydroxylation is 1. The summed E-state index contributed by atoms with van der Waals surface area (Å²) in [7, 11) is 0. The van der Waals surface area contributed by atoms with Crippen molar-refractivity contribution in [3.63, 3.8) is 0 Å². The van der Waals surface area contributed by atoms with E-state index in [9.17, 15) is 4.79 Å². The Hall–Kier alpha value is -1.94. The molecule has 0 aliphatic rings. The zero-order valence-electron chi connectivity index (χ0n) is 9.87. The number of nitrogens with one attached hydrogen (secondary N) is 1. The molecule has 0 aliphatic heterocycles. The minimum atomic E-state index is -0.277. The third kappa shape index (κ3) is 2.33. The molecule has 18 heavy (non-hydrogen) atoms. The molecule has 0 saturated carbocycles. The molecule has 0 unspecified atom stereocenters. The summed E-state index contributed by atoms with van der Waals surface area (Å²) in [5.41, 5.74) is 7.12. The Bertz CT molecular complexity index is 558. The van der Waals surface area contributed by atoms with Crippen molar-refractivity contribution in [3.8, 4) is 0 Å². The van der Waals surface area contributed by atoms with E-state index < -0.39 is 0 Å². The second-order valence-electron chi connectivity index (χ2n) is 3.77. The first kappa shape index (κ1) is 12.5. The van der Waals surface area contributed by atoms with Crippen LogP contribution in [0.2, 0.25) is 5.02 Å². The van der Waals surface area contributed by atoms with Gasteiger partial charge in [-0.15, -0.1) is 0 Å². The SMILES string of the molecule is CCc1occc1C(=O)Nc1c(N)cccc1Cl. The quantitative estimate of drug-likeness (QED) is 0.836. The number of nitrogens with two attached hydrogens (primary N) is 1. The molecule has 1 heterocycles. The topological polar surface area (TPSA) is 68.3 Å². The van der Waals surface area contributed by atoms with Crippen LogP contribution in [0.15, 0.2) is 34.9 Å². The smallest absolute Gasteiger partial charge is 0.259 e. The van der Waals surface area contributed by atoms with Gasteiger partial charge in [0, 0.05) is 6.42 Å². The van der Waals surface area contributed by atoms with Gasteiger partial charge in [0.2, 0.25) is 0 Å². The summed E-state index contributed by atoms with van der Waals surface area (Å²) in [5.74, 6) is 0.360. The highest BCUT2D eigenvalue weighted by molar-refractivity contribution is 6.34. The highest BCUT2D eigenvalue weighted by atomic mass is 35.5. The molecule has 1 amide bonds. The number of halogens is 1. The Morgan fingerprint density at radius 1 is 1.44 bits per heavy atom. The molecule has 3 N–H and O–H groups in total. The van der Waals surface area contributed by atoms with E-state index in [1.165, 1.54) is 6.26 Å². The standard InChI is InChI=1S/C13H13ClN2O2/c1-2-11-8(6-7-18-11)13(17)16-12-9(14)4-3-5-10(12)15/h3-7H,2,15H2,1H3,(H,16,17). The number of carbonyl (C=O) groups excluding carboxylic acids is 1. The summed E-state index contributed by atoms with van der Waals surface area (Å²) < 4.78 is 5.21. The average Bonchev–Trinajstić information content (AvgIpc) is 2.82. The van der Waals surface area contributed by atoms with Crippen LogP contribution in [0.4, 0.5) is 11.4 Å². The number of nitrogen functional groups attached to an aromatic ring is 1. The lowest BCUT2D eigenvalue weighted by molar-refractivity contribution is 0.102. The molecule has 0 aliphatic carbocycles. The number of rotatable bonds is 3. The van der Waals surface area contributed by atoms with Crippen molar-refractivity contribution in [2.45, 2.75) is 13.3 Å². The van der Waals surface area contributed by atoms with Crippen molar-refractivity contribution >= 4 is 28.9 Å². The highest BCUT2D eigenvalue weighted by Gasteiger charge is 2.15. The maximum Gasteiger partial charge on any atom is 0.259 e. The van der Waals surface area contributed by atoms with Gasteiger partial charge in [-0.1, -0.05) is 24.6 Å². The third-order valence-electron chi connectivity index (χ3n) is 2.60. The largest absolute Gasteiger partial charge is 0.469 e. The first-order valence-corrected chi connectivity index (χ1v) is 5.93. The van der Waals surface area contributed by atoms with E-state index in [-0.39, 0.29) is 5.91 Å². The summed E-state index contributed by atoms with van der Waals surface area (Å²) in [6.45, 7) is 1.92. The lowest BCUT2D eigenvalue weighted by Crippen LogP contribution is -2.14. The number of furan rings is 1. The van der Waals surface area contributed by atoms with Crippen LogP contribution < -0.4 is 11.1 Å². The predicted molar refractivity (Wildman–Crippen MR) is 71.9 cm³/mol. The summed E-state index contributed by atoms with van der Waals surface area (Å²) in [5, 5.41) is 3.11. The fraction of sp³-hybridized carbons (Fsp3) is 0.154. The molecule has 94 valence electrons. The van der Waals surface area contributed by atoms with Crippen LogP contribution in [0.1, 0.15) is 23.0 Å². The first-order valence-electron chi connectivity index (χ1n) is 5.55. The minimum Gasteiger partial charge on any atom is -0.469 e. The average molecular weight is 265 g/mol. The molecule has 0 radical (unpaired) electrons. The third-order valence-corrected chi connectivity index (χ3v) is 2.91. The number of benzene rings is 1. The van der Waals surface area contributed by atoms with Gasteiger partial charge < -0.3 is 15.5 Å². The molecule has 2 aromatic rings. The Labute approximate surface area is 110 Å². The van der Waals surface area contributed by atoms with Gasteiger partial charge in [0.05, 0.1) is 28.2 Å². The monoisotopic (exact) mass is 264 g/mol. The summed E-state index contributed by atoms with van der Waals surface area (Å²) in [6, 6.07) is 6.70. The molecule has 1 aromatic carbocycles. The fourth-order valence-electron chi connectivity index (χ4n) is 1.67. The molecule has 0 fully saturated rings. The molecule has 2 rings (SSSR count). The number of amides is 1. The van der Waals surface area contributed by atoms with Crippen LogP contribution in [0.3, 0.4) is 0 Å². The van der Waals surface area contributed by atoms with Gasteiger partial charge in [-0.05, 0) is 18.2 Å². The van der Waals surface area contributed by atoms with Crippen LogP contribution in [0.5, 0.6) is 0 Å². The second-order valence-corrected chi connectivity index (χ2v) is 4.18. The van der Waals surface area contributed by atoms with Crippen molar-refractivity contribution < 1.29 is 9.21 Å². The molecule has 0 bridgehead atoms. The van der Waals surface area contributed by atoms with Crippen LogP contribution >= 0.6 is 11.6 Å². The Balaban J connectivity index is 2.27. The Morgan fingerprint density at radius 2 is 2.22 bits per heavy atom. The van der Waals surface area contributed by atoms with Crippen LogP contribution in [0.25, 0.3) is 0 Å². The lowest BCUT2D eigenvalue weighted by atomic mass is 10.2. The maximum atomic E-state index is 12.1. The number of carbonyl (C=O) groups is 1. The number of anilines is 2. The number of para-hydroxylation sites is 1. The molecule has 0 saturated heterocycles. The second kappa shape index (κ2) is 5.14. The molecule has 0 atom stereocenters. The van der Waals surface area contributed by atoms with Crippen LogP contribution in [0, 0.1) is 0 Å². The van der Waals surface area contributed by atoms with E-state index in [4.69, 9.17) is 21.8 Å². The molecule has 5 heteroatoms. The molecule has 1 aromatic heterocycles. The molecule has 4 nitrogen and oxygen atoms in total. The number of hydrogen-bond acceptors (Lipinski definition) is 3. The van der Waals surface area contributed by atoms with E-state index in [0.29, 0.717) is 34.1 Å². The number of hydrogen-bond donors (Lipinski definition) is 2. The van der Waals surface area contributed by atoms with Crippen molar-refractivity contribution in [1.29, 1.82) is 0 Å². The van der Waals surface area contributed by atoms with Gasteiger partial charge in [0.25, 0.3) is 5.91 Å². The first-order chi connectivity index (χ1) is 8.63. The zero-order chi connectivity index (χ0) is 13.1. The van der Waals surface area contributed by atoms with Crippen molar-refractivity contribution in [2.24, 2.45) is 0 Å². The van der Waals surface area contributed by atoms with Crippen molar-refractivity contribution in [2.75, 3.05) is 11.1 Å². The van der Waals surface area contributed by atoms with Gasteiger partial charge >= 0.3 is 0 Å². The molecular formula is C13H13ClN2O2. The summed E-state index contributed by atoms with van der Waals surface area (Å²) in [4.78, 5) is 12.1. The molecule has 0 spiro atoms. The lowest BCUT2D eigenvalue weighted by Gasteiger charge is -2.09. The van der Waals surface area contributed by atoms with Gasteiger partial charge in [0.15, 0.2) is 0 Å². The summed E-state index contributed by atoms with van der Waals surface area (Å²) >= 11 is 5.99. The van der Waals surface area contributed by atoms with E-state index in [1.807, 2.05) is 6.92 Å². The van der Waals surface area contributed by atoms with Crippen LogP contribution in [-0.2, 0) is 6.42 Å². The maximum absolute atomic E-state index is 12.1. The van der Waals surface area contributed by atoms with Gasteiger partial charge in [0.1, 0.15) is 5.76 Å². The van der Waals surface area contributed by atoms with E-state index in [2.05, 4.69) is 5.32 Å². The molecular weight excluding hydrogens is 252 g/mol. The van der Waals surface area contributed by atoms with Gasteiger partial charge in [-0.3, -0.25) is 4.79 Å². The minimum absolute atomic E-state index is 0.277. The van der Waals surface area contributed by atoms with Crippen molar-refractivity contribution in [1.82, 2.24) is 0 Å². The highest BCUT2D eigenvalue weighted by Crippen LogP contribution is 2.28. The normalized spacial score (nSPS) is 10.3. The van der Waals surface area contributed by atoms with Gasteiger partial charge in [-0.25, -0.2) is 0 Å². The fourth-order valence-corrected chi connectivity index (χ4v) is 1.90. The van der Waals surface area contributed by atoms with E-state index >= 15 is 0 Å². The van der Waals surface area contributed by atoms with Crippen molar-refractivity contribution in [3.05, 3.63) is 46.9 Å². The van der Waals surface area contributed by atoms with Gasteiger partial charge in [-0.2, -0.15) is 0 Å². The predicted octanol–water partition coefficient (Wildman–Crippen LogP) is 3.33. The van der Waals surface area contributed by atoms with E-state index in [0.717, 1.165) is 0 Å².